The average molecular weight is 227 g/mol. The van der Waals surface area contributed by atoms with Crippen LogP contribution >= 0.6 is 0 Å². The lowest BCUT2D eigenvalue weighted by molar-refractivity contribution is 0.489. The molecule has 2 aromatic rings. The minimum Gasteiger partial charge on any atom is -0.325 e. The van der Waals surface area contributed by atoms with Crippen LogP contribution in [0.25, 0.3) is 5.69 Å². The summed E-state index contributed by atoms with van der Waals surface area (Å²) in [5.41, 5.74) is 5.61. The number of benzene rings is 1. The minimum absolute atomic E-state index is 0.0948. The van der Waals surface area contributed by atoms with Crippen LogP contribution in [0.4, 0.5) is 13.2 Å². The quantitative estimate of drug-likeness (QED) is 0.794. The molecule has 3 nitrogen and oxygen atoms in total. The van der Waals surface area contributed by atoms with Crippen LogP contribution in [0.3, 0.4) is 0 Å². The van der Waals surface area contributed by atoms with Gasteiger partial charge in [-0.3, -0.25) is 4.57 Å². The van der Waals surface area contributed by atoms with Crippen LogP contribution in [-0.4, -0.2) is 9.55 Å². The van der Waals surface area contributed by atoms with Gasteiger partial charge in [-0.05, 0) is 0 Å². The van der Waals surface area contributed by atoms with Crippen LogP contribution in [0, 0.1) is 17.5 Å². The summed E-state index contributed by atoms with van der Waals surface area (Å²) in [6, 6.07) is 1.37. The van der Waals surface area contributed by atoms with Crippen molar-refractivity contribution in [1.29, 1.82) is 0 Å². The molecule has 1 aromatic heterocycles. The second kappa shape index (κ2) is 3.97. The highest BCUT2D eigenvalue weighted by Gasteiger charge is 2.14. The van der Waals surface area contributed by atoms with E-state index in [0.717, 1.165) is 6.07 Å². The van der Waals surface area contributed by atoms with Crippen LogP contribution in [0.1, 0.15) is 5.69 Å². The van der Waals surface area contributed by atoms with Gasteiger partial charge in [-0.2, -0.15) is 0 Å². The molecule has 0 bridgehead atoms. The zero-order valence-corrected chi connectivity index (χ0v) is 8.12. The number of halogens is 3. The first-order valence-corrected chi connectivity index (χ1v) is 4.49. The minimum atomic E-state index is -1.24. The number of nitrogens with two attached hydrogens (primary N) is 1. The molecule has 6 heteroatoms. The van der Waals surface area contributed by atoms with Crippen LogP contribution in [-0.2, 0) is 6.54 Å². The molecule has 0 aliphatic rings. The van der Waals surface area contributed by atoms with Gasteiger partial charge in [-0.1, -0.05) is 0 Å². The Morgan fingerprint density at radius 2 is 2.00 bits per heavy atom. The Balaban J connectivity index is 2.64. The van der Waals surface area contributed by atoms with E-state index < -0.39 is 17.5 Å². The van der Waals surface area contributed by atoms with E-state index in [1.807, 2.05) is 0 Å². The second-order valence-electron chi connectivity index (χ2n) is 3.18. The molecule has 0 aliphatic carbocycles. The fourth-order valence-corrected chi connectivity index (χ4v) is 1.41. The van der Waals surface area contributed by atoms with Gasteiger partial charge in [-0.25, -0.2) is 18.2 Å². The predicted octanol–water partition coefficient (Wildman–Crippen LogP) is 1.75. The van der Waals surface area contributed by atoms with Gasteiger partial charge in [0.25, 0.3) is 0 Å². The normalized spacial score (nSPS) is 10.8. The van der Waals surface area contributed by atoms with E-state index in [0.29, 0.717) is 11.8 Å². The highest BCUT2D eigenvalue weighted by molar-refractivity contribution is 5.36. The molecular weight excluding hydrogens is 219 g/mol. The standard InChI is InChI=1S/C10H8F3N3/c11-6-1-8(12)10(13)9(2-6)16-5-15-4-7(16)3-14/h1-2,4-5H,3,14H2. The third kappa shape index (κ3) is 1.67. The first-order chi connectivity index (χ1) is 7.63. The lowest BCUT2D eigenvalue weighted by Gasteiger charge is -2.08. The molecule has 2 N–H and O–H groups in total. The summed E-state index contributed by atoms with van der Waals surface area (Å²) in [5, 5.41) is 0. The van der Waals surface area contributed by atoms with Crippen molar-refractivity contribution in [2.24, 2.45) is 5.73 Å². The van der Waals surface area contributed by atoms with E-state index in [-0.39, 0.29) is 12.2 Å². The number of rotatable bonds is 2. The largest absolute Gasteiger partial charge is 0.325 e. The van der Waals surface area contributed by atoms with Crippen molar-refractivity contribution in [2.75, 3.05) is 0 Å². The van der Waals surface area contributed by atoms with Crippen molar-refractivity contribution < 1.29 is 13.2 Å². The van der Waals surface area contributed by atoms with Crippen LogP contribution < -0.4 is 5.73 Å². The molecule has 84 valence electrons. The third-order valence-electron chi connectivity index (χ3n) is 2.16. The SMILES string of the molecule is NCc1cncn1-c1cc(F)cc(F)c1F. The Morgan fingerprint density at radius 1 is 1.25 bits per heavy atom. The zero-order valence-electron chi connectivity index (χ0n) is 8.12. The molecule has 16 heavy (non-hydrogen) atoms. The smallest absolute Gasteiger partial charge is 0.183 e. The summed E-state index contributed by atoms with van der Waals surface area (Å²) in [6.07, 6.45) is 2.65. The fourth-order valence-electron chi connectivity index (χ4n) is 1.41. The number of hydrogen-bond acceptors (Lipinski definition) is 2. The van der Waals surface area contributed by atoms with E-state index >= 15 is 0 Å². The maximum absolute atomic E-state index is 13.4. The highest BCUT2D eigenvalue weighted by atomic mass is 19.2. The molecule has 0 atom stereocenters. The van der Waals surface area contributed by atoms with Gasteiger partial charge < -0.3 is 5.73 Å². The van der Waals surface area contributed by atoms with Crippen LogP contribution in [0.5, 0.6) is 0 Å². The van der Waals surface area contributed by atoms with Gasteiger partial charge in [-0.15, -0.1) is 0 Å². The summed E-state index contributed by atoms with van der Waals surface area (Å²) in [5.74, 6) is -3.23. The van der Waals surface area contributed by atoms with Gasteiger partial charge in [0.15, 0.2) is 11.6 Å². The number of aromatic nitrogens is 2. The van der Waals surface area contributed by atoms with Crippen molar-refractivity contribution in [3.8, 4) is 5.69 Å². The topological polar surface area (TPSA) is 43.8 Å². The first-order valence-electron chi connectivity index (χ1n) is 4.49. The van der Waals surface area contributed by atoms with Crippen molar-refractivity contribution >= 4 is 0 Å². The lowest BCUT2D eigenvalue weighted by atomic mass is 10.2. The van der Waals surface area contributed by atoms with E-state index in [1.54, 1.807) is 0 Å². The zero-order chi connectivity index (χ0) is 11.7. The summed E-state index contributed by atoms with van der Waals surface area (Å²) in [4.78, 5) is 3.74. The van der Waals surface area contributed by atoms with Crippen molar-refractivity contribution in [1.82, 2.24) is 9.55 Å². The fraction of sp³-hybridized carbons (Fsp3) is 0.100. The monoisotopic (exact) mass is 227 g/mol. The van der Waals surface area contributed by atoms with Gasteiger partial charge in [0.1, 0.15) is 5.82 Å². The molecule has 1 aromatic carbocycles. The third-order valence-corrected chi connectivity index (χ3v) is 2.16. The maximum atomic E-state index is 13.4. The Bertz CT molecular complexity index is 522. The molecule has 0 unspecified atom stereocenters. The lowest BCUT2D eigenvalue weighted by Crippen LogP contribution is -2.07. The van der Waals surface area contributed by atoms with E-state index in [4.69, 9.17) is 5.73 Å². The van der Waals surface area contributed by atoms with Crippen molar-refractivity contribution in [2.45, 2.75) is 6.54 Å². The summed E-state index contributed by atoms with van der Waals surface area (Å²) < 4.78 is 40.6. The maximum Gasteiger partial charge on any atom is 0.183 e. The number of imidazole rings is 1. The van der Waals surface area contributed by atoms with Gasteiger partial charge in [0.2, 0.25) is 0 Å². The number of nitrogens with zero attached hydrogens (tertiary/aromatic N) is 2. The molecule has 0 fully saturated rings. The summed E-state index contributed by atoms with van der Waals surface area (Å²) in [7, 11) is 0. The van der Waals surface area contributed by atoms with E-state index in [2.05, 4.69) is 4.98 Å². The average Bonchev–Trinajstić information content (AvgIpc) is 2.71. The van der Waals surface area contributed by atoms with Crippen LogP contribution in [0.2, 0.25) is 0 Å². The second-order valence-corrected chi connectivity index (χ2v) is 3.18. The van der Waals surface area contributed by atoms with Gasteiger partial charge >= 0.3 is 0 Å². The van der Waals surface area contributed by atoms with E-state index in [1.165, 1.54) is 17.1 Å². The molecule has 0 saturated carbocycles. The van der Waals surface area contributed by atoms with Gasteiger partial charge in [0.05, 0.1) is 17.7 Å². The molecule has 2 rings (SSSR count). The van der Waals surface area contributed by atoms with Crippen molar-refractivity contribution in [3.63, 3.8) is 0 Å². The molecule has 0 saturated heterocycles. The Labute approximate surface area is 89.3 Å². The molecule has 0 aliphatic heterocycles. The molecule has 0 spiro atoms. The summed E-state index contributed by atoms with van der Waals surface area (Å²) >= 11 is 0. The molecule has 0 amide bonds. The Kier molecular flexibility index (Phi) is 2.66. The van der Waals surface area contributed by atoms with Crippen LogP contribution in [0.15, 0.2) is 24.7 Å². The molecular formula is C10H8F3N3. The molecule has 1 heterocycles. The van der Waals surface area contributed by atoms with Gasteiger partial charge in [0, 0.05) is 24.9 Å². The Hall–Kier alpha value is -1.82. The highest BCUT2D eigenvalue weighted by Crippen LogP contribution is 2.19. The number of hydrogen-bond donors (Lipinski definition) is 1. The predicted molar refractivity (Wildman–Crippen MR) is 51.3 cm³/mol. The molecule has 0 radical (unpaired) electrons. The van der Waals surface area contributed by atoms with Crippen molar-refractivity contribution in [3.05, 3.63) is 47.8 Å². The summed E-state index contributed by atoms with van der Waals surface area (Å²) in [6.45, 7) is 0.0948. The first kappa shape index (κ1) is 10.7. The Morgan fingerprint density at radius 3 is 2.69 bits per heavy atom. The van der Waals surface area contributed by atoms with E-state index in [9.17, 15) is 13.2 Å².